The molecule has 0 spiro atoms. The molecule has 5 nitrogen and oxygen atoms in total. The zero-order valence-electron chi connectivity index (χ0n) is 12.4. The lowest BCUT2D eigenvalue weighted by atomic mass is 10.0. The minimum atomic E-state index is -4.21. The van der Waals surface area contributed by atoms with E-state index in [0.717, 1.165) is 22.5 Å². The maximum Gasteiger partial charge on any atom is 0.338 e. The van der Waals surface area contributed by atoms with Gasteiger partial charge in [0.1, 0.15) is 11.6 Å². The summed E-state index contributed by atoms with van der Waals surface area (Å²) in [5, 5.41) is 8.96. The highest BCUT2D eigenvalue weighted by Gasteiger charge is 2.32. The van der Waals surface area contributed by atoms with Crippen molar-refractivity contribution in [2.75, 3.05) is 10.8 Å². The lowest BCUT2D eigenvalue weighted by molar-refractivity contribution is 0.0691. The first kappa shape index (κ1) is 16.4. The Morgan fingerprint density at radius 1 is 1.12 bits per heavy atom. The van der Waals surface area contributed by atoms with Gasteiger partial charge in [-0.3, -0.25) is 4.31 Å². The van der Waals surface area contributed by atoms with Crippen LogP contribution in [0.1, 0.15) is 22.3 Å². The summed E-state index contributed by atoms with van der Waals surface area (Å²) in [5.41, 5.74) is -0.225. The maximum atomic E-state index is 14.2. The van der Waals surface area contributed by atoms with Crippen molar-refractivity contribution in [3.63, 3.8) is 0 Å². The SMILES string of the molecule is O=C(O)c1cc(S(=O)(=O)N2CCCc3cccc(F)c32)ccc1F. The zero-order valence-corrected chi connectivity index (χ0v) is 13.2. The molecule has 0 fully saturated rings. The van der Waals surface area contributed by atoms with Gasteiger partial charge in [0, 0.05) is 6.54 Å². The Balaban J connectivity index is 2.14. The molecule has 2 aromatic rings. The van der Waals surface area contributed by atoms with E-state index in [1.165, 1.54) is 12.1 Å². The standard InChI is InChI=1S/C16H13F2NO4S/c17-13-7-6-11(9-12(13)16(20)21)24(22,23)19-8-2-4-10-3-1-5-14(18)15(10)19/h1,3,5-7,9H,2,4,8H2,(H,20,21). The monoisotopic (exact) mass is 353 g/mol. The van der Waals surface area contributed by atoms with Gasteiger partial charge in [0.25, 0.3) is 10.0 Å². The minimum Gasteiger partial charge on any atom is -0.478 e. The summed E-state index contributed by atoms with van der Waals surface area (Å²) >= 11 is 0. The fourth-order valence-electron chi connectivity index (χ4n) is 2.76. The van der Waals surface area contributed by atoms with Crippen LogP contribution in [-0.4, -0.2) is 26.0 Å². The van der Waals surface area contributed by atoms with Crippen molar-refractivity contribution >= 4 is 21.7 Å². The summed E-state index contributed by atoms with van der Waals surface area (Å²) in [7, 11) is -4.21. The molecule has 8 heteroatoms. The van der Waals surface area contributed by atoms with Crippen LogP contribution in [0.2, 0.25) is 0 Å². The Bertz CT molecular complexity index is 928. The predicted octanol–water partition coefficient (Wildman–Crippen LogP) is 2.80. The second-order valence-corrected chi connectivity index (χ2v) is 7.24. The lowest BCUT2D eigenvalue weighted by Crippen LogP contribution is -2.36. The van der Waals surface area contributed by atoms with Crippen LogP contribution in [0, 0.1) is 11.6 Å². The molecule has 0 radical (unpaired) electrons. The van der Waals surface area contributed by atoms with E-state index in [9.17, 15) is 22.0 Å². The van der Waals surface area contributed by atoms with E-state index >= 15 is 0 Å². The van der Waals surface area contributed by atoms with E-state index in [0.29, 0.717) is 18.4 Å². The highest BCUT2D eigenvalue weighted by atomic mass is 32.2. The van der Waals surface area contributed by atoms with E-state index in [4.69, 9.17) is 5.11 Å². The highest BCUT2D eigenvalue weighted by molar-refractivity contribution is 7.92. The quantitative estimate of drug-likeness (QED) is 0.921. The lowest BCUT2D eigenvalue weighted by Gasteiger charge is -2.30. The first-order chi connectivity index (χ1) is 11.3. The van der Waals surface area contributed by atoms with Crippen molar-refractivity contribution in [2.24, 2.45) is 0 Å². The smallest absolute Gasteiger partial charge is 0.338 e. The van der Waals surface area contributed by atoms with Crippen molar-refractivity contribution in [2.45, 2.75) is 17.7 Å². The van der Waals surface area contributed by atoms with E-state index in [1.54, 1.807) is 6.07 Å². The van der Waals surface area contributed by atoms with Crippen LogP contribution in [-0.2, 0) is 16.4 Å². The molecular weight excluding hydrogens is 340 g/mol. The van der Waals surface area contributed by atoms with E-state index < -0.39 is 38.1 Å². The van der Waals surface area contributed by atoms with Crippen LogP contribution >= 0.6 is 0 Å². The van der Waals surface area contributed by atoms with Crippen molar-refractivity contribution in [1.82, 2.24) is 0 Å². The summed E-state index contributed by atoms with van der Waals surface area (Å²) in [6, 6.07) is 6.83. The van der Waals surface area contributed by atoms with Gasteiger partial charge in [-0.15, -0.1) is 0 Å². The van der Waals surface area contributed by atoms with E-state index in [1.807, 2.05) is 0 Å². The number of sulfonamides is 1. The number of carboxylic acids is 1. The summed E-state index contributed by atoms with van der Waals surface area (Å²) < 4.78 is 54.3. The molecule has 0 amide bonds. The molecule has 0 atom stereocenters. The highest BCUT2D eigenvalue weighted by Crippen LogP contribution is 2.34. The largest absolute Gasteiger partial charge is 0.478 e. The number of carbonyl (C=O) groups is 1. The van der Waals surface area contributed by atoms with Gasteiger partial charge in [-0.05, 0) is 42.7 Å². The number of aromatic carboxylic acids is 1. The number of rotatable bonds is 3. The molecular formula is C16H13F2NO4S. The molecule has 0 bridgehead atoms. The second kappa shape index (κ2) is 5.86. The summed E-state index contributed by atoms with van der Waals surface area (Å²) in [6.07, 6.45) is 1.05. The average molecular weight is 353 g/mol. The van der Waals surface area contributed by atoms with Gasteiger partial charge >= 0.3 is 5.97 Å². The molecule has 0 aromatic heterocycles. The number of benzene rings is 2. The Morgan fingerprint density at radius 3 is 2.58 bits per heavy atom. The molecule has 1 N–H and O–H groups in total. The van der Waals surface area contributed by atoms with E-state index in [-0.39, 0.29) is 12.2 Å². The molecule has 1 aliphatic rings. The predicted molar refractivity (Wildman–Crippen MR) is 82.6 cm³/mol. The second-order valence-electron chi connectivity index (χ2n) is 5.38. The number of halogens is 2. The van der Waals surface area contributed by atoms with Crippen molar-refractivity contribution in [3.8, 4) is 0 Å². The molecule has 1 heterocycles. The zero-order chi connectivity index (χ0) is 17.5. The Hall–Kier alpha value is -2.48. The van der Waals surface area contributed by atoms with Crippen LogP contribution < -0.4 is 4.31 Å². The van der Waals surface area contributed by atoms with Gasteiger partial charge in [0.15, 0.2) is 0 Å². The van der Waals surface area contributed by atoms with Gasteiger partial charge in [0.2, 0.25) is 0 Å². The molecule has 0 unspecified atom stereocenters. The average Bonchev–Trinajstić information content (AvgIpc) is 2.54. The molecule has 2 aromatic carbocycles. The van der Waals surface area contributed by atoms with Crippen LogP contribution in [0.3, 0.4) is 0 Å². The van der Waals surface area contributed by atoms with Crippen molar-refractivity contribution in [1.29, 1.82) is 0 Å². The third-order valence-electron chi connectivity index (χ3n) is 3.88. The third kappa shape index (κ3) is 2.62. The molecule has 3 rings (SSSR count). The first-order valence-electron chi connectivity index (χ1n) is 7.15. The number of hydrogen-bond donors (Lipinski definition) is 1. The molecule has 1 aliphatic heterocycles. The third-order valence-corrected chi connectivity index (χ3v) is 5.68. The molecule has 0 aliphatic carbocycles. The van der Waals surface area contributed by atoms with Crippen molar-refractivity contribution < 1.29 is 27.1 Å². The Kier molecular flexibility index (Phi) is 4.00. The Labute approximate surface area is 137 Å². The number of aryl methyl sites for hydroxylation is 1. The topological polar surface area (TPSA) is 74.7 Å². The molecule has 126 valence electrons. The molecule has 24 heavy (non-hydrogen) atoms. The van der Waals surface area contributed by atoms with Gasteiger partial charge < -0.3 is 5.11 Å². The molecule has 0 saturated carbocycles. The summed E-state index contributed by atoms with van der Waals surface area (Å²) in [4.78, 5) is 10.6. The van der Waals surface area contributed by atoms with Gasteiger partial charge in [-0.25, -0.2) is 22.0 Å². The van der Waals surface area contributed by atoms with E-state index in [2.05, 4.69) is 0 Å². The van der Waals surface area contributed by atoms with Crippen LogP contribution in [0.15, 0.2) is 41.3 Å². The number of nitrogens with zero attached hydrogens (tertiary/aromatic N) is 1. The number of para-hydroxylation sites is 1. The maximum absolute atomic E-state index is 14.2. The van der Waals surface area contributed by atoms with Crippen LogP contribution in [0.25, 0.3) is 0 Å². The minimum absolute atomic E-state index is 0.0371. The fraction of sp³-hybridized carbons (Fsp3) is 0.188. The van der Waals surface area contributed by atoms with Crippen molar-refractivity contribution in [3.05, 3.63) is 59.2 Å². The fourth-order valence-corrected chi connectivity index (χ4v) is 4.34. The van der Waals surface area contributed by atoms with Gasteiger partial charge in [0.05, 0.1) is 16.1 Å². The number of carboxylic acid groups (broad SMARTS) is 1. The van der Waals surface area contributed by atoms with Gasteiger partial charge in [-0.2, -0.15) is 0 Å². The number of anilines is 1. The van der Waals surface area contributed by atoms with Crippen LogP contribution in [0.5, 0.6) is 0 Å². The number of hydrogen-bond acceptors (Lipinski definition) is 3. The molecule has 0 saturated heterocycles. The summed E-state index contributed by atoms with van der Waals surface area (Å²) in [5.74, 6) is -3.28. The normalized spacial score (nSPS) is 14.3. The first-order valence-corrected chi connectivity index (χ1v) is 8.59. The summed E-state index contributed by atoms with van der Waals surface area (Å²) in [6.45, 7) is 0.0655. The van der Waals surface area contributed by atoms with Gasteiger partial charge in [-0.1, -0.05) is 12.1 Å². The van der Waals surface area contributed by atoms with Crippen LogP contribution in [0.4, 0.5) is 14.5 Å². The Morgan fingerprint density at radius 2 is 1.88 bits per heavy atom. The number of fused-ring (bicyclic) bond motifs is 1.